The van der Waals surface area contributed by atoms with Gasteiger partial charge >= 0.3 is 0 Å². The average Bonchev–Trinajstić information content (AvgIpc) is 2.53. The molecule has 1 aliphatic rings. The monoisotopic (exact) mass is 407 g/mol. The Bertz CT molecular complexity index is 833. The van der Waals surface area contributed by atoms with Gasteiger partial charge in [-0.3, -0.25) is 0 Å². The number of sulfonamides is 1. The summed E-state index contributed by atoms with van der Waals surface area (Å²) in [5.41, 5.74) is 4.59. The molecule has 1 unspecified atom stereocenters. The minimum Gasteiger partial charge on any atom is -0.212 e. The zero-order valence-corrected chi connectivity index (χ0v) is 16.2. The van der Waals surface area contributed by atoms with Gasteiger partial charge in [0, 0.05) is 10.5 Å². The van der Waals surface area contributed by atoms with Crippen LogP contribution >= 0.6 is 15.9 Å². The molecule has 5 heteroatoms. The summed E-state index contributed by atoms with van der Waals surface area (Å²) in [6.45, 7) is 1.91. The summed E-state index contributed by atoms with van der Waals surface area (Å²) in [4.78, 5) is 0. The quantitative estimate of drug-likeness (QED) is 0.792. The van der Waals surface area contributed by atoms with Crippen molar-refractivity contribution in [3.8, 4) is 0 Å². The van der Waals surface area contributed by atoms with Crippen molar-refractivity contribution in [3.63, 3.8) is 0 Å². The third kappa shape index (κ3) is 4.47. The summed E-state index contributed by atoms with van der Waals surface area (Å²) in [6, 6.07) is 13.5. The summed E-state index contributed by atoms with van der Waals surface area (Å²) >= 11 is 3.38. The lowest BCUT2D eigenvalue weighted by atomic mass is 9.89. The first-order valence-electron chi connectivity index (χ1n) is 8.29. The van der Waals surface area contributed by atoms with Crippen molar-refractivity contribution in [2.75, 3.05) is 0 Å². The van der Waals surface area contributed by atoms with E-state index >= 15 is 0 Å². The Morgan fingerprint density at radius 1 is 1.08 bits per heavy atom. The maximum atomic E-state index is 12.5. The van der Waals surface area contributed by atoms with Crippen LogP contribution in [0.2, 0.25) is 0 Å². The van der Waals surface area contributed by atoms with Gasteiger partial charge in [-0.15, -0.1) is 0 Å². The van der Waals surface area contributed by atoms with E-state index in [-0.39, 0.29) is 11.8 Å². The van der Waals surface area contributed by atoms with Gasteiger partial charge in [0.2, 0.25) is 10.0 Å². The Labute approximate surface area is 152 Å². The first-order chi connectivity index (χ1) is 11.4. The first-order valence-corrected chi connectivity index (χ1v) is 10.7. The molecule has 1 aliphatic carbocycles. The molecule has 0 aromatic heterocycles. The minimum atomic E-state index is -3.39. The molecule has 24 heavy (non-hydrogen) atoms. The van der Waals surface area contributed by atoms with Crippen LogP contribution in [0, 0.1) is 0 Å². The predicted octanol–water partition coefficient (Wildman–Crippen LogP) is 4.51. The van der Waals surface area contributed by atoms with E-state index in [9.17, 15) is 8.42 Å². The summed E-state index contributed by atoms with van der Waals surface area (Å²) in [6.07, 6.45) is 4.71. The van der Waals surface area contributed by atoms with Crippen LogP contribution in [0.1, 0.15) is 48.1 Å². The van der Waals surface area contributed by atoms with Crippen molar-refractivity contribution in [2.24, 2.45) is 0 Å². The zero-order valence-electron chi connectivity index (χ0n) is 13.8. The molecule has 0 aliphatic heterocycles. The Kier molecular flexibility index (Phi) is 5.42. The van der Waals surface area contributed by atoms with E-state index in [0.29, 0.717) is 0 Å². The van der Waals surface area contributed by atoms with Crippen LogP contribution in [0.5, 0.6) is 0 Å². The van der Waals surface area contributed by atoms with Crippen LogP contribution in [0.25, 0.3) is 0 Å². The molecule has 0 fully saturated rings. The molecule has 0 spiro atoms. The third-order valence-corrected chi connectivity index (χ3v) is 6.39. The van der Waals surface area contributed by atoms with Gasteiger partial charge in [0.1, 0.15) is 0 Å². The lowest BCUT2D eigenvalue weighted by Crippen LogP contribution is -2.28. The van der Waals surface area contributed by atoms with E-state index in [1.54, 1.807) is 0 Å². The van der Waals surface area contributed by atoms with E-state index < -0.39 is 10.0 Å². The van der Waals surface area contributed by atoms with Gasteiger partial charge in [-0.1, -0.05) is 46.3 Å². The third-order valence-electron chi connectivity index (χ3n) is 4.47. The van der Waals surface area contributed by atoms with Crippen molar-refractivity contribution < 1.29 is 8.42 Å². The lowest BCUT2D eigenvalue weighted by molar-refractivity contribution is 0.565. The largest absolute Gasteiger partial charge is 0.216 e. The van der Waals surface area contributed by atoms with Crippen LogP contribution in [0.3, 0.4) is 0 Å². The topological polar surface area (TPSA) is 46.2 Å². The van der Waals surface area contributed by atoms with Crippen molar-refractivity contribution in [3.05, 3.63) is 69.2 Å². The standard InChI is InChI=1S/C19H22BrNO2S/c1-14(17-10-9-16-6-2-3-7-18(16)12-17)21-24(22,23)13-15-5-4-8-19(20)11-15/h4-5,8-12,14,21H,2-3,6-7,13H2,1H3. The second kappa shape index (κ2) is 7.38. The highest BCUT2D eigenvalue weighted by atomic mass is 79.9. The van der Waals surface area contributed by atoms with Crippen LogP contribution in [-0.4, -0.2) is 8.42 Å². The number of aryl methyl sites for hydroxylation is 2. The second-order valence-electron chi connectivity index (χ2n) is 6.46. The molecule has 0 radical (unpaired) electrons. The molecule has 2 aromatic rings. The molecule has 0 saturated carbocycles. The van der Waals surface area contributed by atoms with Crippen molar-refractivity contribution in [1.29, 1.82) is 0 Å². The van der Waals surface area contributed by atoms with Crippen LogP contribution in [0.4, 0.5) is 0 Å². The highest BCUT2D eigenvalue weighted by Gasteiger charge is 2.18. The van der Waals surface area contributed by atoms with E-state index in [1.807, 2.05) is 31.2 Å². The van der Waals surface area contributed by atoms with Gasteiger partial charge in [-0.2, -0.15) is 0 Å². The first kappa shape index (κ1) is 17.6. The lowest BCUT2D eigenvalue weighted by Gasteiger charge is -2.20. The number of rotatable bonds is 5. The van der Waals surface area contributed by atoms with E-state index in [2.05, 4.69) is 38.9 Å². The number of hydrogen-bond acceptors (Lipinski definition) is 2. The summed E-state index contributed by atoms with van der Waals surface area (Å²) < 4.78 is 28.6. The van der Waals surface area contributed by atoms with Gasteiger partial charge in [-0.05, 0) is 67.0 Å². The fraction of sp³-hybridized carbons (Fsp3) is 0.368. The number of nitrogens with one attached hydrogen (secondary N) is 1. The fourth-order valence-electron chi connectivity index (χ4n) is 3.25. The maximum absolute atomic E-state index is 12.5. The Morgan fingerprint density at radius 3 is 2.58 bits per heavy atom. The smallest absolute Gasteiger partial charge is 0.212 e. The van der Waals surface area contributed by atoms with Gasteiger partial charge in [0.15, 0.2) is 0 Å². The molecule has 1 atom stereocenters. The zero-order chi connectivity index (χ0) is 17.2. The van der Waals surface area contributed by atoms with Crippen LogP contribution in [0.15, 0.2) is 46.9 Å². The highest BCUT2D eigenvalue weighted by Crippen LogP contribution is 2.25. The van der Waals surface area contributed by atoms with E-state index in [4.69, 9.17) is 0 Å². The van der Waals surface area contributed by atoms with Crippen LogP contribution < -0.4 is 4.72 Å². The highest BCUT2D eigenvalue weighted by molar-refractivity contribution is 9.10. The van der Waals surface area contributed by atoms with Crippen molar-refractivity contribution >= 4 is 26.0 Å². The molecule has 0 saturated heterocycles. The van der Waals surface area contributed by atoms with Gasteiger partial charge in [-0.25, -0.2) is 13.1 Å². The Morgan fingerprint density at radius 2 is 1.83 bits per heavy atom. The normalized spacial score (nSPS) is 15.8. The van der Waals surface area contributed by atoms with E-state index in [1.165, 1.54) is 24.0 Å². The maximum Gasteiger partial charge on any atom is 0.216 e. The molecule has 0 amide bonds. The number of hydrogen-bond donors (Lipinski definition) is 1. The van der Waals surface area contributed by atoms with Gasteiger partial charge < -0.3 is 0 Å². The summed E-state index contributed by atoms with van der Waals surface area (Å²) in [5, 5.41) is 0. The molecule has 0 bridgehead atoms. The molecule has 2 aromatic carbocycles. The SMILES string of the molecule is CC(NS(=O)(=O)Cc1cccc(Br)c1)c1ccc2c(c1)CCCC2. The second-order valence-corrected chi connectivity index (χ2v) is 9.13. The molecule has 3 rings (SSSR count). The number of benzene rings is 2. The molecule has 3 nitrogen and oxygen atoms in total. The summed E-state index contributed by atoms with van der Waals surface area (Å²) in [5.74, 6) is -0.0122. The predicted molar refractivity (Wildman–Crippen MR) is 101 cm³/mol. The number of halogens is 1. The minimum absolute atomic E-state index is 0.0122. The average molecular weight is 408 g/mol. The van der Waals surface area contributed by atoms with E-state index in [0.717, 1.165) is 28.4 Å². The molecular weight excluding hydrogens is 386 g/mol. The molecule has 1 N–H and O–H groups in total. The fourth-order valence-corrected chi connectivity index (χ4v) is 5.07. The summed E-state index contributed by atoms with van der Waals surface area (Å²) in [7, 11) is -3.39. The molecule has 0 heterocycles. The molecule has 128 valence electrons. The van der Waals surface area contributed by atoms with Crippen molar-refractivity contribution in [1.82, 2.24) is 4.72 Å². The molecular formula is C19H22BrNO2S. The number of fused-ring (bicyclic) bond motifs is 1. The Hall–Kier alpha value is -1.17. The van der Waals surface area contributed by atoms with Crippen LogP contribution in [-0.2, 0) is 28.6 Å². The van der Waals surface area contributed by atoms with Crippen molar-refractivity contribution in [2.45, 2.75) is 44.4 Å². The van der Waals surface area contributed by atoms with Gasteiger partial charge in [0.25, 0.3) is 0 Å². The Balaban J connectivity index is 1.72. The van der Waals surface area contributed by atoms with Gasteiger partial charge in [0.05, 0.1) is 5.75 Å².